The highest BCUT2D eigenvalue weighted by Gasteiger charge is 2.28. The Morgan fingerprint density at radius 3 is 2.43 bits per heavy atom. The molecule has 0 bridgehead atoms. The standard InChI is InChI=1S/C19H24ClN5O5/c1-10(2)8-23(18(27)13-7-12(25(29)30)5-6-14(13)20)15-16(21)24(9-11(3)4)19(28)22-17(15)26/h5-7,10-11H,8-9,21H2,1-4H3,(H,22,26,28). The third kappa shape index (κ3) is 4.88. The number of nitrogens with one attached hydrogen (secondary N) is 1. The lowest BCUT2D eigenvalue weighted by atomic mass is 10.1. The molecule has 0 spiro atoms. The number of hydrogen-bond acceptors (Lipinski definition) is 6. The monoisotopic (exact) mass is 437 g/mol. The number of rotatable bonds is 7. The first-order valence-electron chi connectivity index (χ1n) is 9.32. The Labute approximate surface area is 177 Å². The van der Waals surface area contributed by atoms with Crippen molar-refractivity contribution in [2.45, 2.75) is 34.2 Å². The van der Waals surface area contributed by atoms with Gasteiger partial charge in [-0.1, -0.05) is 39.3 Å². The zero-order valence-electron chi connectivity index (χ0n) is 17.1. The molecule has 0 aliphatic heterocycles. The fourth-order valence-corrected chi connectivity index (χ4v) is 3.16. The van der Waals surface area contributed by atoms with Crippen LogP contribution in [0.25, 0.3) is 0 Å². The van der Waals surface area contributed by atoms with Gasteiger partial charge in [0.1, 0.15) is 5.82 Å². The number of non-ortho nitro benzene ring substituents is 1. The van der Waals surface area contributed by atoms with Gasteiger partial charge in [0.05, 0.1) is 15.5 Å². The number of benzene rings is 1. The number of hydrogen-bond donors (Lipinski definition) is 2. The molecule has 0 aliphatic rings. The summed E-state index contributed by atoms with van der Waals surface area (Å²) in [6, 6.07) is 3.47. The van der Waals surface area contributed by atoms with Crippen LogP contribution in [0.4, 0.5) is 17.2 Å². The molecule has 2 rings (SSSR count). The summed E-state index contributed by atoms with van der Waals surface area (Å²) in [5.41, 5.74) is 3.98. The zero-order valence-corrected chi connectivity index (χ0v) is 17.9. The third-order valence-corrected chi connectivity index (χ3v) is 4.55. The number of carbonyl (C=O) groups excluding carboxylic acids is 1. The summed E-state index contributed by atoms with van der Waals surface area (Å²) in [6.07, 6.45) is 0. The Balaban J connectivity index is 2.72. The quantitative estimate of drug-likeness (QED) is 0.503. The van der Waals surface area contributed by atoms with Gasteiger partial charge in [-0.3, -0.25) is 29.3 Å². The molecule has 162 valence electrons. The van der Waals surface area contributed by atoms with Crippen LogP contribution in [0.15, 0.2) is 27.8 Å². The summed E-state index contributed by atoms with van der Waals surface area (Å²) in [5, 5.41) is 11.1. The lowest BCUT2D eigenvalue weighted by Crippen LogP contribution is -2.43. The van der Waals surface area contributed by atoms with Crippen LogP contribution in [0, 0.1) is 22.0 Å². The van der Waals surface area contributed by atoms with E-state index >= 15 is 0 Å². The average molecular weight is 438 g/mol. The van der Waals surface area contributed by atoms with E-state index in [-0.39, 0.29) is 52.7 Å². The second-order valence-corrected chi connectivity index (χ2v) is 8.14. The number of carbonyl (C=O) groups is 1. The van der Waals surface area contributed by atoms with Crippen molar-refractivity contribution in [2.75, 3.05) is 17.2 Å². The normalized spacial score (nSPS) is 11.2. The van der Waals surface area contributed by atoms with Crippen molar-refractivity contribution in [1.82, 2.24) is 9.55 Å². The number of aromatic amines is 1. The molecule has 1 amide bonds. The Kier molecular flexibility index (Phi) is 7.04. The van der Waals surface area contributed by atoms with E-state index in [1.165, 1.54) is 16.7 Å². The summed E-state index contributed by atoms with van der Waals surface area (Å²) in [7, 11) is 0. The van der Waals surface area contributed by atoms with Gasteiger partial charge in [-0.2, -0.15) is 0 Å². The molecule has 10 nitrogen and oxygen atoms in total. The van der Waals surface area contributed by atoms with Crippen LogP contribution >= 0.6 is 11.6 Å². The smallest absolute Gasteiger partial charge is 0.330 e. The second kappa shape index (κ2) is 9.12. The molecule has 0 unspecified atom stereocenters. The first-order valence-corrected chi connectivity index (χ1v) is 9.70. The van der Waals surface area contributed by atoms with E-state index in [0.717, 1.165) is 11.0 Å². The summed E-state index contributed by atoms with van der Waals surface area (Å²) >= 11 is 6.13. The van der Waals surface area contributed by atoms with Gasteiger partial charge in [0, 0.05) is 25.2 Å². The van der Waals surface area contributed by atoms with E-state index in [0.29, 0.717) is 0 Å². The maximum atomic E-state index is 13.3. The maximum absolute atomic E-state index is 13.3. The molecule has 0 atom stereocenters. The first-order chi connectivity index (χ1) is 13.9. The fourth-order valence-electron chi connectivity index (χ4n) is 2.96. The highest BCUT2D eigenvalue weighted by atomic mass is 35.5. The van der Waals surface area contributed by atoms with Crippen molar-refractivity contribution < 1.29 is 9.72 Å². The van der Waals surface area contributed by atoms with Gasteiger partial charge in [0.25, 0.3) is 17.2 Å². The lowest BCUT2D eigenvalue weighted by Gasteiger charge is -2.26. The second-order valence-electron chi connectivity index (χ2n) is 7.73. The van der Waals surface area contributed by atoms with Crippen LogP contribution in [0.2, 0.25) is 5.02 Å². The van der Waals surface area contributed by atoms with E-state index in [9.17, 15) is 24.5 Å². The van der Waals surface area contributed by atoms with Crippen LogP contribution in [0.1, 0.15) is 38.1 Å². The Morgan fingerprint density at radius 1 is 1.27 bits per heavy atom. The number of nitro groups is 1. The van der Waals surface area contributed by atoms with E-state index in [2.05, 4.69) is 4.98 Å². The Hall–Kier alpha value is -3.14. The van der Waals surface area contributed by atoms with Crippen LogP contribution in [0.5, 0.6) is 0 Å². The van der Waals surface area contributed by atoms with Crippen molar-refractivity contribution in [1.29, 1.82) is 0 Å². The van der Waals surface area contributed by atoms with E-state index in [1.54, 1.807) is 0 Å². The molecular formula is C19H24ClN5O5. The number of nitro benzene ring substituents is 1. The van der Waals surface area contributed by atoms with E-state index < -0.39 is 22.1 Å². The molecule has 3 N–H and O–H groups in total. The lowest BCUT2D eigenvalue weighted by molar-refractivity contribution is -0.384. The number of H-pyrrole nitrogens is 1. The van der Waals surface area contributed by atoms with Crippen LogP contribution in [-0.4, -0.2) is 26.9 Å². The number of anilines is 2. The maximum Gasteiger partial charge on any atom is 0.330 e. The minimum Gasteiger partial charge on any atom is -0.383 e. The van der Waals surface area contributed by atoms with Crippen molar-refractivity contribution in [3.63, 3.8) is 0 Å². The minimum absolute atomic E-state index is 0.00939. The van der Waals surface area contributed by atoms with E-state index in [1.807, 2.05) is 27.7 Å². The number of aromatic nitrogens is 2. The Morgan fingerprint density at radius 2 is 1.90 bits per heavy atom. The predicted molar refractivity (Wildman–Crippen MR) is 115 cm³/mol. The molecule has 0 saturated heterocycles. The van der Waals surface area contributed by atoms with Gasteiger partial charge in [0.15, 0.2) is 5.69 Å². The molecule has 1 aromatic heterocycles. The van der Waals surface area contributed by atoms with Gasteiger partial charge in [-0.15, -0.1) is 0 Å². The number of amides is 1. The zero-order chi connectivity index (χ0) is 22.7. The number of nitrogens with two attached hydrogens (primary N) is 1. The Bertz CT molecular complexity index is 1090. The van der Waals surface area contributed by atoms with Gasteiger partial charge >= 0.3 is 5.69 Å². The number of nitrogens with zero attached hydrogens (tertiary/aromatic N) is 3. The summed E-state index contributed by atoms with van der Waals surface area (Å²) in [4.78, 5) is 52.0. The topological polar surface area (TPSA) is 144 Å². The molecule has 2 aromatic rings. The van der Waals surface area contributed by atoms with Crippen LogP contribution in [-0.2, 0) is 6.54 Å². The molecule has 0 saturated carbocycles. The van der Waals surface area contributed by atoms with Gasteiger partial charge in [-0.25, -0.2) is 4.79 Å². The van der Waals surface area contributed by atoms with Crippen molar-refractivity contribution >= 4 is 34.7 Å². The molecule has 1 aromatic carbocycles. The summed E-state index contributed by atoms with van der Waals surface area (Å²) in [6.45, 7) is 7.70. The van der Waals surface area contributed by atoms with Crippen molar-refractivity contribution in [3.05, 3.63) is 59.7 Å². The van der Waals surface area contributed by atoms with Crippen LogP contribution in [0.3, 0.4) is 0 Å². The number of halogens is 1. The molecule has 0 fully saturated rings. The third-order valence-electron chi connectivity index (χ3n) is 4.22. The van der Waals surface area contributed by atoms with Crippen LogP contribution < -0.4 is 21.9 Å². The largest absolute Gasteiger partial charge is 0.383 e. The summed E-state index contributed by atoms with van der Waals surface area (Å²) in [5.74, 6) is -0.933. The molecule has 1 heterocycles. The minimum atomic E-state index is -0.826. The van der Waals surface area contributed by atoms with E-state index in [4.69, 9.17) is 17.3 Å². The molecular weight excluding hydrogens is 414 g/mol. The fraction of sp³-hybridized carbons (Fsp3) is 0.421. The summed E-state index contributed by atoms with van der Waals surface area (Å²) < 4.78 is 1.19. The highest BCUT2D eigenvalue weighted by molar-refractivity contribution is 6.34. The van der Waals surface area contributed by atoms with Gasteiger partial charge in [-0.05, 0) is 17.9 Å². The first kappa shape index (κ1) is 23.1. The van der Waals surface area contributed by atoms with Crippen molar-refractivity contribution in [3.8, 4) is 0 Å². The predicted octanol–water partition coefficient (Wildman–Crippen LogP) is 2.64. The molecule has 0 aliphatic carbocycles. The van der Waals surface area contributed by atoms with Gasteiger partial charge in [0.2, 0.25) is 0 Å². The molecule has 0 radical (unpaired) electrons. The van der Waals surface area contributed by atoms with Crippen molar-refractivity contribution in [2.24, 2.45) is 11.8 Å². The average Bonchev–Trinajstić information content (AvgIpc) is 2.63. The SMILES string of the molecule is CC(C)CN(C(=O)c1cc([N+](=O)[O-])ccc1Cl)c1c(N)n(CC(C)C)c(=O)[nH]c1=O. The van der Waals surface area contributed by atoms with Gasteiger partial charge < -0.3 is 10.6 Å². The number of nitrogen functional groups attached to an aromatic ring is 1. The highest BCUT2D eigenvalue weighted by Crippen LogP contribution is 2.27. The molecule has 11 heteroatoms. The molecule has 30 heavy (non-hydrogen) atoms.